The van der Waals surface area contributed by atoms with Crippen molar-refractivity contribution in [2.24, 2.45) is 10.7 Å². The lowest BCUT2D eigenvalue weighted by Crippen LogP contribution is -2.38. The van der Waals surface area contributed by atoms with E-state index in [-0.39, 0.29) is 11.9 Å². The minimum Gasteiger partial charge on any atom is -0.369 e. The van der Waals surface area contributed by atoms with Crippen molar-refractivity contribution < 1.29 is 4.79 Å². The average Bonchev–Trinajstić information content (AvgIpc) is 2.72. The standard InChI is InChI=1S/C16H15ClN4O/c1-16(14(22)21(2)15(18)20-16)12-5-3-4-10(6-12)11-7-13(17)9-19-8-11/h3-9H,1-2H3,(H2,18,20). The van der Waals surface area contributed by atoms with Gasteiger partial charge in [-0.15, -0.1) is 0 Å². The molecule has 0 saturated heterocycles. The Morgan fingerprint density at radius 1 is 1.23 bits per heavy atom. The van der Waals surface area contributed by atoms with Crippen molar-refractivity contribution in [3.63, 3.8) is 0 Å². The predicted octanol–water partition coefficient (Wildman–Crippen LogP) is 2.40. The number of benzene rings is 1. The summed E-state index contributed by atoms with van der Waals surface area (Å²) in [5.41, 5.74) is 7.36. The molecule has 0 saturated carbocycles. The Bertz CT molecular complexity index is 789. The van der Waals surface area contributed by atoms with Gasteiger partial charge in [0.05, 0.1) is 5.02 Å². The molecule has 1 unspecified atom stereocenters. The van der Waals surface area contributed by atoms with E-state index >= 15 is 0 Å². The molecular weight excluding hydrogens is 300 g/mol. The third-order valence-corrected chi connectivity index (χ3v) is 4.07. The highest BCUT2D eigenvalue weighted by Gasteiger charge is 2.43. The predicted molar refractivity (Wildman–Crippen MR) is 86.4 cm³/mol. The minimum atomic E-state index is -0.999. The highest BCUT2D eigenvalue weighted by Crippen LogP contribution is 2.34. The number of carbonyl (C=O) groups excluding carboxylic acids is 1. The number of nitrogens with two attached hydrogens (primary N) is 1. The molecule has 5 nitrogen and oxygen atoms in total. The largest absolute Gasteiger partial charge is 0.369 e. The van der Waals surface area contributed by atoms with Gasteiger partial charge in [-0.25, -0.2) is 4.99 Å². The van der Waals surface area contributed by atoms with E-state index in [0.717, 1.165) is 16.7 Å². The monoisotopic (exact) mass is 314 g/mol. The van der Waals surface area contributed by atoms with E-state index in [4.69, 9.17) is 17.3 Å². The zero-order valence-electron chi connectivity index (χ0n) is 12.2. The molecule has 0 aliphatic carbocycles. The lowest BCUT2D eigenvalue weighted by atomic mass is 9.90. The van der Waals surface area contributed by atoms with Gasteiger partial charge >= 0.3 is 0 Å². The van der Waals surface area contributed by atoms with Crippen molar-refractivity contribution in [2.45, 2.75) is 12.5 Å². The minimum absolute atomic E-state index is 0.147. The van der Waals surface area contributed by atoms with Gasteiger partial charge in [0.1, 0.15) is 0 Å². The van der Waals surface area contributed by atoms with Gasteiger partial charge in [0.2, 0.25) is 0 Å². The highest BCUT2D eigenvalue weighted by atomic mass is 35.5. The number of carbonyl (C=O) groups is 1. The van der Waals surface area contributed by atoms with Crippen LogP contribution in [0.1, 0.15) is 12.5 Å². The molecule has 2 heterocycles. The number of likely N-dealkylation sites (N-methyl/N-ethyl adjacent to an activating group) is 1. The summed E-state index contributed by atoms with van der Waals surface area (Å²) in [7, 11) is 1.62. The topological polar surface area (TPSA) is 71.6 Å². The molecule has 0 fully saturated rings. The van der Waals surface area contributed by atoms with Crippen LogP contribution in [0.4, 0.5) is 0 Å². The van der Waals surface area contributed by atoms with Gasteiger partial charge in [-0.3, -0.25) is 14.7 Å². The molecule has 112 valence electrons. The molecule has 2 aromatic rings. The molecule has 1 aromatic carbocycles. The number of aliphatic imine (C=N–C) groups is 1. The first-order valence-corrected chi connectivity index (χ1v) is 7.14. The first-order chi connectivity index (χ1) is 10.4. The van der Waals surface area contributed by atoms with Crippen LogP contribution in [0, 0.1) is 0 Å². The van der Waals surface area contributed by atoms with Gasteiger partial charge < -0.3 is 5.73 Å². The maximum absolute atomic E-state index is 12.4. The summed E-state index contributed by atoms with van der Waals surface area (Å²) in [5, 5.41) is 0.563. The summed E-state index contributed by atoms with van der Waals surface area (Å²) in [4.78, 5) is 22.2. The number of rotatable bonds is 2. The lowest BCUT2D eigenvalue weighted by Gasteiger charge is -2.21. The Morgan fingerprint density at radius 3 is 2.64 bits per heavy atom. The third kappa shape index (κ3) is 2.23. The van der Waals surface area contributed by atoms with Crippen LogP contribution >= 0.6 is 11.6 Å². The summed E-state index contributed by atoms with van der Waals surface area (Å²) in [6.45, 7) is 1.76. The van der Waals surface area contributed by atoms with Crippen molar-refractivity contribution in [3.8, 4) is 11.1 Å². The normalized spacial score (nSPS) is 21.1. The lowest BCUT2D eigenvalue weighted by molar-refractivity contribution is -0.130. The van der Waals surface area contributed by atoms with Crippen molar-refractivity contribution in [3.05, 3.63) is 53.3 Å². The van der Waals surface area contributed by atoms with Crippen LogP contribution < -0.4 is 5.73 Å². The van der Waals surface area contributed by atoms with E-state index in [0.29, 0.717) is 5.02 Å². The Kier molecular flexibility index (Phi) is 3.37. The zero-order valence-corrected chi connectivity index (χ0v) is 13.0. The van der Waals surface area contributed by atoms with E-state index in [1.807, 2.05) is 30.3 Å². The van der Waals surface area contributed by atoms with Crippen LogP contribution in [0.15, 0.2) is 47.7 Å². The van der Waals surface area contributed by atoms with Crippen LogP contribution in [-0.4, -0.2) is 28.8 Å². The quantitative estimate of drug-likeness (QED) is 0.925. The summed E-state index contributed by atoms with van der Waals surface area (Å²) in [5.74, 6) is 0.0775. The first kappa shape index (κ1) is 14.5. The summed E-state index contributed by atoms with van der Waals surface area (Å²) in [6.07, 6.45) is 3.31. The fourth-order valence-corrected chi connectivity index (χ4v) is 2.72. The van der Waals surface area contributed by atoms with E-state index in [2.05, 4.69) is 9.98 Å². The number of pyridine rings is 1. The molecular formula is C16H15ClN4O. The molecule has 0 bridgehead atoms. The molecule has 0 radical (unpaired) electrons. The van der Waals surface area contributed by atoms with E-state index in [9.17, 15) is 4.79 Å². The second-order valence-corrected chi connectivity index (χ2v) is 5.82. The Balaban J connectivity index is 2.08. The van der Waals surface area contributed by atoms with Crippen molar-refractivity contribution in [1.29, 1.82) is 0 Å². The molecule has 1 aliphatic rings. The number of guanidine groups is 1. The molecule has 1 atom stereocenters. The Morgan fingerprint density at radius 2 is 2.00 bits per heavy atom. The van der Waals surface area contributed by atoms with Gasteiger partial charge in [0.15, 0.2) is 11.5 Å². The van der Waals surface area contributed by atoms with Gasteiger partial charge in [-0.05, 0) is 30.2 Å². The smallest absolute Gasteiger partial charge is 0.261 e. The summed E-state index contributed by atoms with van der Waals surface area (Å²) >= 11 is 5.99. The van der Waals surface area contributed by atoms with Gasteiger partial charge in [-0.2, -0.15) is 0 Å². The molecule has 1 aromatic heterocycles. The van der Waals surface area contributed by atoms with Crippen LogP contribution in [0.5, 0.6) is 0 Å². The van der Waals surface area contributed by atoms with Crippen LogP contribution in [0.2, 0.25) is 5.02 Å². The molecule has 2 N–H and O–H groups in total. The molecule has 22 heavy (non-hydrogen) atoms. The highest BCUT2D eigenvalue weighted by molar-refractivity contribution is 6.30. The molecule has 1 aliphatic heterocycles. The van der Waals surface area contributed by atoms with Crippen LogP contribution in [0.3, 0.4) is 0 Å². The number of hydrogen-bond donors (Lipinski definition) is 1. The summed E-state index contributed by atoms with van der Waals surface area (Å²) < 4.78 is 0. The van der Waals surface area contributed by atoms with Gasteiger partial charge in [-0.1, -0.05) is 29.8 Å². The van der Waals surface area contributed by atoms with Crippen LogP contribution in [0.25, 0.3) is 11.1 Å². The third-order valence-electron chi connectivity index (χ3n) is 3.87. The van der Waals surface area contributed by atoms with Crippen molar-refractivity contribution in [2.75, 3.05) is 7.05 Å². The second kappa shape index (κ2) is 5.10. The van der Waals surface area contributed by atoms with E-state index in [1.165, 1.54) is 4.90 Å². The number of halogens is 1. The Hall–Kier alpha value is -2.40. The van der Waals surface area contributed by atoms with E-state index < -0.39 is 5.54 Å². The molecule has 3 rings (SSSR count). The molecule has 6 heteroatoms. The van der Waals surface area contributed by atoms with Gasteiger partial charge in [0, 0.05) is 25.0 Å². The van der Waals surface area contributed by atoms with Crippen molar-refractivity contribution in [1.82, 2.24) is 9.88 Å². The number of aromatic nitrogens is 1. The average molecular weight is 315 g/mol. The SMILES string of the molecule is CN1C(=O)C(C)(c2cccc(-c3cncc(Cl)c3)c2)N=C1N. The fraction of sp³-hybridized carbons (Fsp3) is 0.188. The maximum Gasteiger partial charge on any atom is 0.261 e. The maximum atomic E-state index is 12.4. The first-order valence-electron chi connectivity index (χ1n) is 6.77. The van der Waals surface area contributed by atoms with Gasteiger partial charge in [0.25, 0.3) is 5.91 Å². The fourth-order valence-electron chi connectivity index (χ4n) is 2.54. The number of hydrogen-bond acceptors (Lipinski definition) is 4. The second-order valence-electron chi connectivity index (χ2n) is 5.38. The molecule has 1 amide bonds. The molecule has 0 spiro atoms. The summed E-state index contributed by atoms with van der Waals surface area (Å²) in [6, 6.07) is 9.44. The van der Waals surface area contributed by atoms with Crippen molar-refractivity contribution >= 4 is 23.5 Å². The van der Waals surface area contributed by atoms with Crippen LogP contribution in [-0.2, 0) is 10.3 Å². The zero-order chi connectivity index (χ0) is 15.9. The number of nitrogens with zero attached hydrogens (tertiary/aromatic N) is 3. The number of amides is 1. The Labute approximate surface area is 133 Å². The van der Waals surface area contributed by atoms with E-state index in [1.54, 1.807) is 26.4 Å².